The van der Waals surface area contributed by atoms with Gasteiger partial charge in [-0.05, 0) is 49.2 Å². The van der Waals surface area contributed by atoms with Crippen LogP contribution in [-0.2, 0) is 0 Å². The molecule has 20 heavy (non-hydrogen) atoms. The van der Waals surface area contributed by atoms with Gasteiger partial charge in [0.1, 0.15) is 0 Å². The average molecular weight is 264 g/mol. The summed E-state index contributed by atoms with van der Waals surface area (Å²) in [5.41, 5.74) is 7.76. The molecule has 0 bridgehead atoms. The summed E-state index contributed by atoms with van der Waals surface area (Å²) in [6.07, 6.45) is 3.97. The van der Waals surface area contributed by atoms with E-state index in [0.29, 0.717) is 5.92 Å². The first-order chi connectivity index (χ1) is 9.66. The minimum atomic E-state index is 0.349. The van der Waals surface area contributed by atoms with Gasteiger partial charge in [-0.3, -0.25) is 0 Å². The zero-order chi connectivity index (χ0) is 14.1. The second-order valence-corrected chi connectivity index (χ2v) is 5.48. The fourth-order valence-electron chi connectivity index (χ4n) is 2.98. The number of aryl methyl sites for hydroxylation is 2. The van der Waals surface area contributed by atoms with Gasteiger partial charge in [-0.15, -0.1) is 0 Å². The summed E-state index contributed by atoms with van der Waals surface area (Å²) in [6.45, 7) is 6.61. The van der Waals surface area contributed by atoms with Crippen LogP contribution < -0.4 is 0 Å². The lowest BCUT2D eigenvalue weighted by Gasteiger charge is -2.18. The van der Waals surface area contributed by atoms with Gasteiger partial charge >= 0.3 is 0 Å². The van der Waals surface area contributed by atoms with Crippen LogP contribution in [0.3, 0.4) is 0 Å². The van der Waals surface area contributed by atoms with E-state index in [9.17, 15) is 0 Å². The molecular weight excluding hydrogens is 244 g/mol. The SMILES string of the molecule is Cc1cc(C)c(-c2ccc[nH]2)c([C@@H](C)c2ccc[nH]2)c1. The lowest BCUT2D eigenvalue weighted by atomic mass is 9.87. The Bertz CT molecular complexity index is 691. The molecule has 0 saturated heterocycles. The van der Waals surface area contributed by atoms with Gasteiger partial charge in [0.2, 0.25) is 0 Å². The fraction of sp³-hybridized carbons (Fsp3) is 0.222. The van der Waals surface area contributed by atoms with E-state index >= 15 is 0 Å². The van der Waals surface area contributed by atoms with E-state index in [0.717, 1.165) is 0 Å². The Morgan fingerprint density at radius 3 is 2.35 bits per heavy atom. The molecule has 0 aliphatic carbocycles. The Morgan fingerprint density at radius 1 is 0.950 bits per heavy atom. The Balaban J connectivity index is 2.19. The second kappa shape index (κ2) is 5.04. The first-order valence-electron chi connectivity index (χ1n) is 7.05. The molecule has 2 heterocycles. The van der Waals surface area contributed by atoms with Crippen LogP contribution >= 0.6 is 0 Å². The van der Waals surface area contributed by atoms with Crippen LogP contribution in [0, 0.1) is 13.8 Å². The number of benzene rings is 1. The quantitative estimate of drug-likeness (QED) is 0.682. The molecule has 2 nitrogen and oxygen atoms in total. The van der Waals surface area contributed by atoms with Crippen molar-refractivity contribution in [3.05, 3.63) is 71.2 Å². The van der Waals surface area contributed by atoms with E-state index in [2.05, 4.69) is 67.1 Å². The van der Waals surface area contributed by atoms with Crippen LogP contribution in [0.1, 0.15) is 35.2 Å². The second-order valence-electron chi connectivity index (χ2n) is 5.48. The Labute approximate surface area is 119 Å². The van der Waals surface area contributed by atoms with Crippen molar-refractivity contribution in [2.45, 2.75) is 26.7 Å². The predicted octanol–water partition coefficient (Wildman–Crippen LogP) is 4.78. The van der Waals surface area contributed by atoms with Crippen molar-refractivity contribution in [3.63, 3.8) is 0 Å². The summed E-state index contributed by atoms with van der Waals surface area (Å²) in [5.74, 6) is 0.349. The molecule has 0 aliphatic rings. The zero-order valence-electron chi connectivity index (χ0n) is 12.2. The van der Waals surface area contributed by atoms with Crippen LogP contribution in [0.4, 0.5) is 0 Å². The van der Waals surface area contributed by atoms with Crippen LogP contribution in [-0.4, -0.2) is 9.97 Å². The van der Waals surface area contributed by atoms with Crippen molar-refractivity contribution in [1.82, 2.24) is 9.97 Å². The Morgan fingerprint density at radius 2 is 1.70 bits per heavy atom. The minimum Gasteiger partial charge on any atom is -0.364 e. The number of hydrogen-bond acceptors (Lipinski definition) is 0. The van der Waals surface area contributed by atoms with Crippen molar-refractivity contribution >= 4 is 0 Å². The van der Waals surface area contributed by atoms with Gasteiger partial charge in [0.15, 0.2) is 0 Å². The van der Waals surface area contributed by atoms with Crippen molar-refractivity contribution in [2.24, 2.45) is 0 Å². The molecule has 2 aromatic heterocycles. The lowest BCUT2D eigenvalue weighted by Crippen LogP contribution is -2.02. The third kappa shape index (κ3) is 2.18. The maximum atomic E-state index is 3.34. The fourth-order valence-corrected chi connectivity index (χ4v) is 2.98. The van der Waals surface area contributed by atoms with Crippen molar-refractivity contribution in [1.29, 1.82) is 0 Å². The predicted molar refractivity (Wildman–Crippen MR) is 84.0 cm³/mol. The largest absolute Gasteiger partial charge is 0.364 e. The highest BCUT2D eigenvalue weighted by Crippen LogP contribution is 2.35. The minimum absolute atomic E-state index is 0.349. The summed E-state index contributed by atoms with van der Waals surface area (Å²) in [5, 5.41) is 0. The van der Waals surface area contributed by atoms with E-state index in [1.165, 1.54) is 33.6 Å². The molecule has 0 aliphatic heterocycles. The number of nitrogens with one attached hydrogen (secondary N) is 2. The molecular formula is C18H20N2. The smallest absolute Gasteiger partial charge is 0.0459 e. The summed E-state index contributed by atoms with van der Waals surface area (Å²) in [6, 6.07) is 13.0. The van der Waals surface area contributed by atoms with Gasteiger partial charge in [-0.25, -0.2) is 0 Å². The normalized spacial score (nSPS) is 12.6. The summed E-state index contributed by atoms with van der Waals surface area (Å²) in [7, 11) is 0. The van der Waals surface area contributed by atoms with Crippen molar-refractivity contribution < 1.29 is 0 Å². The topological polar surface area (TPSA) is 31.6 Å². The molecule has 3 aromatic rings. The standard InChI is InChI=1S/C18H20N2/c1-12-10-13(2)18(17-7-5-9-20-17)15(11-12)14(3)16-6-4-8-19-16/h4-11,14,19-20H,1-3H3/t14-/m1/s1. The zero-order valence-corrected chi connectivity index (χ0v) is 12.2. The van der Waals surface area contributed by atoms with E-state index in [-0.39, 0.29) is 0 Å². The summed E-state index contributed by atoms with van der Waals surface area (Å²) >= 11 is 0. The Hall–Kier alpha value is -2.22. The molecule has 0 saturated carbocycles. The first kappa shape index (κ1) is 12.8. The van der Waals surface area contributed by atoms with E-state index in [4.69, 9.17) is 0 Å². The maximum Gasteiger partial charge on any atom is 0.0459 e. The highest BCUT2D eigenvalue weighted by Gasteiger charge is 2.17. The molecule has 1 aromatic carbocycles. The summed E-state index contributed by atoms with van der Waals surface area (Å²) < 4.78 is 0. The molecule has 2 heteroatoms. The average Bonchev–Trinajstić information content (AvgIpc) is 3.10. The van der Waals surface area contributed by atoms with E-state index < -0.39 is 0 Å². The Kier molecular flexibility index (Phi) is 3.23. The van der Waals surface area contributed by atoms with E-state index in [1.807, 2.05) is 12.4 Å². The molecule has 102 valence electrons. The summed E-state index contributed by atoms with van der Waals surface area (Å²) in [4.78, 5) is 6.68. The lowest BCUT2D eigenvalue weighted by molar-refractivity contribution is 0.881. The molecule has 0 spiro atoms. The molecule has 0 amide bonds. The number of hydrogen-bond donors (Lipinski definition) is 2. The highest BCUT2D eigenvalue weighted by atomic mass is 14.7. The van der Waals surface area contributed by atoms with Crippen molar-refractivity contribution in [2.75, 3.05) is 0 Å². The molecule has 0 radical (unpaired) electrons. The monoisotopic (exact) mass is 264 g/mol. The molecule has 2 N–H and O–H groups in total. The number of aromatic amines is 2. The van der Waals surface area contributed by atoms with Gasteiger partial charge in [0.25, 0.3) is 0 Å². The number of H-pyrrole nitrogens is 2. The van der Waals surface area contributed by atoms with Gasteiger partial charge in [-0.2, -0.15) is 0 Å². The number of aromatic nitrogens is 2. The van der Waals surface area contributed by atoms with Gasteiger partial charge in [-0.1, -0.05) is 24.6 Å². The molecule has 1 atom stereocenters. The number of rotatable bonds is 3. The van der Waals surface area contributed by atoms with Gasteiger partial charge < -0.3 is 9.97 Å². The molecule has 0 unspecified atom stereocenters. The molecule has 3 rings (SSSR count). The third-order valence-corrected chi connectivity index (χ3v) is 3.93. The van der Waals surface area contributed by atoms with Gasteiger partial charge in [0.05, 0.1) is 0 Å². The maximum absolute atomic E-state index is 3.34. The van der Waals surface area contributed by atoms with E-state index in [1.54, 1.807) is 0 Å². The van der Waals surface area contributed by atoms with Gasteiger partial charge in [0, 0.05) is 35.3 Å². The first-order valence-corrected chi connectivity index (χ1v) is 7.05. The van der Waals surface area contributed by atoms with Crippen molar-refractivity contribution in [3.8, 4) is 11.3 Å². The highest BCUT2D eigenvalue weighted by molar-refractivity contribution is 5.70. The van der Waals surface area contributed by atoms with Crippen LogP contribution in [0.5, 0.6) is 0 Å². The van der Waals surface area contributed by atoms with Crippen LogP contribution in [0.2, 0.25) is 0 Å². The van der Waals surface area contributed by atoms with Crippen LogP contribution in [0.15, 0.2) is 48.8 Å². The van der Waals surface area contributed by atoms with Crippen LogP contribution in [0.25, 0.3) is 11.3 Å². The third-order valence-electron chi connectivity index (χ3n) is 3.93. The molecule has 0 fully saturated rings.